The van der Waals surface area contributed by atoms with E-state index in [1.165, 1.54) is 25.3 Å². The van der Waals surface area contributed by atoms with Gasteiger partial charge in [-0.2, -0.15) is 13.9 Å². The molecule has 1 aromatic heterocycles. The Morgan fingerprint density at radius 3 is 2.71 bits per heavy atom. The minimum Gasteiger partial charge on any atom is -0.493 e. The van der Waals surface area contributed by atoms with E-state index in [0.717, 1.165) is 10.9 Å². The molecule has 0 aliphatic heterocycles. The van der Waals surface area contributed by atoms with Crippen LogP contribution in [0.3, 0.4) is 0 Å². The van der Waals surface area contributed by atoms with Crippen LogP contribution in [-0.4, -0.2) is 40.4 Å². The molecule has 0 unspecified atom stereocenters. The van der Waals surface area contributed by atoms with E-state index >= 15 is 0 Å². The summed E-state index contributed by atoms with van der Waals surface area (Å²) >= 11 is 0. The van der Waals surface area contributed by atoms with Crippen molar-refractivity contribution in [3.05, 3.63) is 58.3 Å². The molecule has 0 saturated carbocycles. The first kappa shape index (κ1) is 19.5. The minimum atomic E-state index is -2.95. The predicted octanol–water partition coefficient (Wildman–Crippen LogP) is 3.64. The highest BCUT2D eigenvalue weighted by Gasteiger charge is 2.14. The maximum atomic E-state index is 12.6. The van der Waals surface area contributed by atoms with Crippen molar-refractivity contribution in [3.8, 4) is 11.5 Å². The van der Waals surface area contributed by atoms with Crippen LogP contribution in [0.15, 0.2) is 42.6 Å². The van der Waals surface area contributed by atoms with Crippen LogP contribution in [0, 0.1) is 10.1 Å². The first-order valence-electron chi connectivity index (χ1n) is 8.27. The molecule has 148 valence electrons. The molecule has 0 N–H and O–H groups in total. The Balaban J connectivity index is 1.77. The Kier molecular flexibility index (Phi) is 5.69. The highest BCUT2D eigenvalue weighted by Crippen LogP contribution is 2.30. The van der Waals surface area contributed by atoms with E-state index in [-0.39, 0.29) is 17.2 Å². The maximum Gasteiger partial charge on any atom is 0.387 e. The Labute approximate surface area is 159 Å². The number of rotatable bonds is 8. The van der Waals surface area contributed by atoms with Gasteiger partial charge >= 0.3 is 6.61 Å². The van der Waals surface area contributed by atoms with Crippen LogP contribution in [-0.2, 0) is 13.2 Å². The molecule has 0 amide bonds. The highest BCUT2D eigenvalue weighted by molar-refractivity contribution is 5.80. The Morgan fingerprint density at radius 1 is 1.25 bits per heavy atom. The van der Waals surface area contributed by atoms with E-state index in [9.17, 15) is 18.9 Å². The van der Waals surface area contributed by atoms with Crippen LogP contribution in [0.2, 0.25) is 0 Å². The molecule has 2 aromatic carbocycles. The minimum absolute atomic E-state index is 0.0131. The van der Waals surface area contributed by atoms with Crippen molar-refractivity contribution >= 4 is 16.6 Å². The van der Waals surface area contributed by atoms with Crippen molar-refractivity contribution in [1.82, 2.24) is 14.7 Å². The van der Waals surface area contributed by atoms with E-state index in [0.29, 0.717) is 18.7 Å². The number of nitro groups is 1. The van der Waals surface area contributed by atoms with Crippen LogP contribution in [0.25, 0.3) is 10.9 Å². The molecule has 3 rings (SSSR count). The fraction of sp³-hybridized carbons (Fsp3) is 0.278. The van der Waals surface area contributed by atoms with E-state index < -0.39 is 11.5 Å². The molecule has 8 nitrogen and oxygen atoms in total. The number of methoxy groups -OCH3 is 1. The van der Waals surface area contributed by atoms with Crippen LogP contribution in [0.4, 0.5) is 14.5 Å². The molecule has 0 saturated heterocycles. The van der Waals surface area contributed by atoms with Gasteiger partial charge in [-0.05, 0) is 30.8 Å². The largest absolute Gasteiger partial charge is 0.493 e. The molecule has 28 heavy (non-hydrogen) atoms. The number of ether oxygens (including phenoxy) is 2. The van der Waals surface area contributed by atoms with Crippen LogP contribution in [0.5, 0.6) is 11.5 Å². The lowest BCUT2D eigenvalue weighted by atomic mass is 10.2. The fourth-order valence-electron chi connectivity index (χ4n) is 2.88. The Hall–Kier alpha value is -3.27. The first-order valence-corrected chi connectivity index (χ1v) is 8.27. The van der Waals surface area contributed by atoms with Gasteiger partial charge in [0.1, 0.15) is 0 Å². The summed E-state index contributed by atoms with van der Waals surface area (Å²) in [5.41, 5.74) is 1.36. The van der Waals surface area contributed by atoms with Crippen molar-refractivity contribution in [3.63, 3.8) is 0 Å². The summed E-state index contributed by atoms with van der Waals surface area (Å²) in [4.78, 5) is 12.4. The molecular weight excluding hydrogens is 374 g/mol. The number of hydrogen-bond donors (Lipinski definition) is 0. The third-order valence-corrected chi connectivity index (χ3v) is 4.11. The van der Waals surface area contributed by atoms with Crippen LogP contribution < -0.4 is 9.47 Å². The zero-order valence-electron chi connectivity index (χ0n) is 15.2. The number of halogens is 2. The number of hydrogen-bond acceptors (Lipinski definition) is 6. The lowest BCUT2D eigenvalue weighted by molar-refractivity contribution is -0.384. The molecule has 0 bridgehead atoms. The van der Waals surface area contributed by atoms with Crippen LogP contribution in [0.1, 0.15) is 5.56 Å². The van der Waals surface area contributed by atoms with Gasteiger partial charge in [-0.25, -0.2) is 0 Å². The Bertz CT molecular complexity index is 993. The van der Waals surface area contributed by atoms with Crippen molar-refractivity contribution in [2.24, 2.45) is 0 Å². The quantitative estimate of drug-likeness (QED) is 0.430. The van der Waals surface area contributed by atoms with Gasteiger partial charge in [-0.15, -0.1) is 0 Å². The first-order chi connectivity index (χ1) is 13.4. The average molecular weight is 392 g/mol. The number of nitro benzene ring substituents is 1. The molecule has 0 aliphatic rings. The van der Waals surface area contributed by atoms with Gasteiger partial charge in [0.05, 0.1) is 30.4 Å². The second kappa shape index (κ2) is 8.17. The summed E-state index contributed by atoms with van der Waals surface area (Å²) in [5.74, 6) is 0.181. The normalized spacial score (nSPS) is 11.4. The number of nitrogens with zero attached hydrogens (tertiary/aromatic N) is 4. The van der Waals surface area contributed by atoms with Crippen molar-refractivity contribution < 1.29 is 23.2 Å². The van der Waals surface area contributed by atoms with Crippen molar-refractivity contribution in [1.29, 1.82) is 0 Å². The second-order valence-corrected chi connectivity index (χ2v) is 6.16. The molecule has 3 aromatic rings. The van der Waals surface area contributed by atoms with Gasteiger partial charge < -0.3 is 9.47 Å². The third-order valence-electron chi connectivity index (χ3n) is 4.11. The summed E-state index contributed by atoms with van der Waals surface area (Å²) in [5, 5.41) is 16.0. The molecule has 0 aliphatic carbocycles. The molecular formula is C18H18F2N4O4. The van der Waals surface area contributed by atoms with E-state index in [1.54, 1.807) is 29.1 Å². The SMILES string of the molecule is COc1ccc(CN(C)Cn2ncc3ccc([N+](=O)[O-])cc32)cc1OC(F)F. The topological polar surface area (TPSA) is 82.7 Å². The van der Waals surface area contributed by atoms with Crippen LogP contribution >= 0.6 is 0 Å². The van der Waals surface area contributed by atoms with Crippen molar-refractivity contribution in [2.75, 3.05) is 14.2 Å². The molecule has 0 radical (unpaired) electrons. The third kappa shape index (κ3) is 4.34. The maximum absolute atomic E-state index is 12.6. The van der Waals surface area contributed by atoms with Crippen molar-refractivity contribution in [2.45, 2.75) is 19.8 Å². The number of aromatic nitrogens is 2. The number of non-ortho nitro benzene ring substituents is 1. The molecule has 1 heterocycles. The standard InChI is InChI=1S/C18H18F2N4O4/c1-22(10-12-3-6-16(27-2)17(7-12)28-18(19)20)11-23-15-8-14(24(25)26)5-4-13(15)9-21-23/h3-9,18H,10-11H2,1-2H3. The zero-order chi connectivity index (χ0) is 20.3. The van der Waals surface area contributed by atoms with Gasteiger partial charge in [0.25, 0.3) is 5.69 Å². The fourth-order valence-corrected chi connectivity index (χ4v) is 2.88. The molecule has 0 atom stereocenters. The van der Waals surface area contributed by atoms with E-state index in [4.69, 9.17) is 4.74 Å². The predicted molar refractivity (Wildman–Crippen MR) is 97.5 cm³/mol. The van der Waals surface area contributed by atoms with Gasteiger partial charge in [-0.1, -0.05) is 6.07 Å². The smallest absolute Gasteiger partial charge is 0.387 e. The lowest BCUT2D eigenvalue weighted by Gasteiger charge is -2.18. The van der Waals surface area contributed by atoms with Gasteiger partial charge in [-0.3, -0.25) is 19.7 Å². The van der Waals surface area contributed by atoms with E-state index in [1.807, 2.05) is 11.9 Å². The molecule has 0 spiro atoms. The summed E-state index contributed by atoms with van der Waals surface area (Å²) < 4.78 is 36.3. The number of alkyl halides is 2. The molecule has 0 fully saturated rings. The van der Waals surface area contributed by atoms with Gasteiger partial charge in [0.2, 0.25) is 0 Å². The second-order valence-electron chi connectivity index (χ2n) is 6.16. The van der Waals surface area contributed by atoms with Gasteiger partial charge in [0, 0.05) is 24.1 Å². The lowest BCUT2D eigenvalue weighted by Crippen LogP contribution is -2.22. The number of benzene rings is 2. The van der Waals surface area contributed by atoms with E-state index in [2.05, 4.69) is 9.84 Å². The number of fused-ring (bicyclic) bond motifs is 1. The molecule has 10 heteroatoms. The van der Waals surface area contributed by atoms with Gasteiger partial charge in [0.15, 0.2) is 11.5 Å². The summed E-state index contributed by atoms with van der Waals surface area (Å²) in [6.07, 6.45) is 1.63. The summed E-state index contributed by atoms with van der Waals surface area (Å²) in [6, 6.07) is 9.35. The zero-order valence-corrected chi connectivity index (χ0v) is 15.2. The summed E-state index contributed by atoms with van der Waals surface area (Å²) in [6.45, 7) is -2.19. The highest BCUT2D eigenvalue weighted by atomic mass is 19.3. The monoisotopic (exact) mass is 392 g/mol. The Morgan fingerprint density at radius 2 is 2.04 bits per heavy atom. The summed E-state index contributed by atoms with van der Waals surface area (Å²) in [7, 11) is 3.20. The average Bonchev–Trinajstić information content (AvgIpc) is 3.03.